The molecule has 0 spiro atoms. The molecule has 0 N–H and O–H groups in total. The highest BCUT2D eigenvalue weighted by atomic mass is 16.3. The van der Waals surface area contributed by atoms with Gasteiger partial charge in [-0.05, 0) is 30.6 Å². The molecule has 0 radical (unpaired) electrons. The molecule has 0 aromatic carbocycles. The molecule has 1 heterocycles. The number of hydrogen-bond acceptors (Lipinski definition) is 2. The van der Waals surface area contributed by atoms with Gasteiger partial charge in [-0.2, -0.15) is 0 Å². The Labute approximate surface area is 73.1 Å². The van der Waals surface area contributed by atoms with Crippen molar-refractivity contribution in [2.45, 2.75) is 39.2 Å². The Morgan fingerprint density at radius 2 is 2.17 bits per heavy atom. The summed E-state index contributed by atoms with van der Waals surface area (Å²) in [4.78, 5) is 10.5. The number of rotatable bonds is 1. The zero-order chi connectivity index (χ0) is 8.77. The molecule has 3 nitrogen and oxygen atoms in total. The van der Waals surface area contributed by atoms with Crippen molar-refractivity contribution >= 4 is 0 Å². The lowest BCUT2D eigenvalue weighted by molar-refractivity contribution is 0.0530. The SMILES string of the molecule is CC1(C)CN(N=O)C2CCC1C2. The summed E-state index contributed by atoms with van der Waals surface area (Å²) in [5.74, 6) is 0.820. The largest absolute Gasteiger partial charge is 0.257 e. The second-order valence-electron chi connectivity index (χ2n) is 4.83. The Morgan fingerprint density at radius 3 is 2.83 bits per heavy atom. The van der Waals surface area contributed by atoms with Gasteiger partial charge >= 0.3 is 0 Å². The van der Waals surface area contributed by atoms with E-state index in [0.717, 1.165) is 12.5 Å². The van der Waals surface area contributed by atoms with Crippen LogP contribution >= 0.6 is 0 Å². The first kappa shape index (κ1) is 8.02. The van der Waals surface area contributed by atoms with Crippen LogP contribution in [-0.2, 0) is 0 Å². The van der Waals surface area contributed by atoms with E-state index in [2.05, 4.69) is 19.1 Å². The van der Waals surface area contributed by atoms with E-state index in [-0.39, 0.29) is 0 Å². The highest BCUT2D eigenvalue weighted by molar-refractivity contribution is 4.96. The van der Waals surface area contributed by atoms with Gasteiger partial charge in [-0.1, -0.05) is 13.8 Å². The fourth-order valence-corrected chi connectivity index (χ4v) is 2.71. The van der Waals surface area contributed by atoms with Gasteiger partial charge in [0.1, 0.15) is 0 Å². The van der Waals surface area contributed by atoms with Gasteiger partial charge in [0.05, 0.1) is 11.3 Å². The molecule has 3 heteroatoms. The minimum absolute atomic E-state index is 0.293. The Balaban J connectivity index is 2.19. The van der Waals surface area contributed by atoms with Crippen molar-refractivity contribution in [1.29, 1.82) is 0 Å². The first-order valence-electron chi connectivity index (χ1n) is 4.73. The molecule has 1 aliphatic heterocycles. The monoisotopic (exact) mass is 168 g/mol. The molecule has 0 aromatic rings. The predicted octanol–water partition coefficient (Wildman–Crippen LogP) is 2.18. The Hall–Kier alpha value is -0.600. The number of nitroso groups, excluding NO2 is 1. The van der Waals surface area contributed by atoms with Crippen LogP contribution in [0.25, 0.3) is 0 Å². The molecule has 68 valence electrons. The third-order valence-corrected chi connectivity index (χ3v) is 3.61. The minimum atomic E-state index is 0.293. The van der Waals surface area contributed by atoms with Crippen molar-refractivity contribution in [2.24, 2.45) is 16.6 Å². The van der Waals surface area contributed by atoms with Gasteiger partial charge in [0.15, 0.2) is 0 Å². The topological polar surface area (TPSA) is 32.7 Å². The van der Waals surface area contributed by atoms with Crippen molar-refractivity contribution in [3.63, 3.8) is 0 Å². The molecule has 12 heavy (non-hydrogen) atoms. The summed E-state index contributed by atoms with van der Waals surface area (Å²) >= 11 is 0. The van der Waals surface area contributed by atoms with E-state index in [1.807, 2.05) is 0 Å². The van der Waals surface area contributed by atoms with Crippen molar-refractivity contribution in [3.8, 4) is 0 Å². The van der Waals surface area contributed by atoms with Crippen molar-refractivity contribution in [1.82, 2.24) is 5.01 Å². The molecule has 1 saturated carbocycles. The zero-order valence-electron chi connectivity index (χ0n) is 7.79. The maximum atomic E-state index is 10.5. The molecule has 0 amide bonds. The molecule has 0 aromatic heterocycles. The van der Waals surface area contributed by atoms with Gasteiger partial charge in [-0.25, -0.2) is 0 Å². The van der Waals surface area contributed by atoms with Gasteiger partial charge < -0.3 is 0 Å². The van der Waals surface area contributed by atoms with Crippen LogP contribution in [0.1, 0.15) is 33.1 Å². The lowest BCUT2D eigenvalue weighted by atomic mass is 9.75. The highest BCUT2D eigenvalue weighted by Crippen LogP contribution is 2.46. The molecule has 2 unspecified atom stereocenters. The van der Waals surface area contributed by atoms with Crippen LogP contribution in [0.3, 0.4) is 0 Å². The van der Waals surface area contributed by atoms with Crippen LogP contribution in [-0.4, -0.2) is 17.6 Å². The maximum Gasteiger partial charge on any atom is 0.0526 e. The molecule has 1 saturated heterocycles. The second-order valence-corrected chi connectivity index (χ2v) is 4.83. The third-order valence-electron chi connectivity index (χ3n) is 3.61. The van der Waals surface area contributed by atoms with Crippen LogP contribution in [0.4, 0.5) is 0 Å². The smallest absolute Gasteiger partial charge is 0.0526 e. The van der Waals surface area contributed by atoms with Crippen LogP contribution in [0.2, 0.25) is 0 Å². The van der Waals surface area contributed by atoms with E-state index < -0.39 is 0 Å². The maximum absolute atomic E-state index is 10.5. The van der Waals surface area contributed by atoms with Crippen LogP contribution in [0.15, 0.2) is 5.29 Å². The number of fused-ring (bicyclic) bond motifs is 2. The average Bonchev–Trinajstić information content (AvgIpc) is 2.44. The number of hydrogen-bond donors (Lipinski definition) is 0. The average molecular weight is 168 g/mol. The van der Waals surface area contributed by atoms with Gasteiger partial charge in [-0.3, -0.25) is 5.01 Å². The summed E-state index contributed by atoms with van der Waals surface area (Å²) in [6, 6.07) is 0.459. The lowest BCUT2D eigenvalue weighted by Crippen LogP contribution is -2.43. The van der Waals surface area contributed by atoms with Crippen LogP contribution < -0.4 is 0 Å². The summed E-state index contributed by atoms with van der Waals surface area (Å²) in [5.41, 5.74) is 0.293. The van der Waals surface area contributed by atoms with Gasteiger partial charge in [0, 0.05) is 6.54 Å². The minimum Gasteiger partial charge on any atom is -0.257 e. The standard InChI is InChI=1S/C9H16N2O/c1-9(2)6-11(10-12)8-4-3-7(9)5-8/h7-8H,3-6H2,1-2H3. The van der Waals surface area contributed by atoms with Gasteiger partial charge in [-0.15, -0.1) is 4.91 Å². The fraction of sp³-hybridized carbons (Fsp3) is 1.00. The molecule has 2 aliphatic rings. The molecular weight excluding hydrogens is 152 g/mol. The summed E-state index contributed by atoms with van der Waals surface area (Å²) in [6.07, 6.45) is 3.63. The van der Waals surface area contributed by atoms with Gasteiger partial charge in [0.2, 0.25) is 0 Å². The van der Waals surface area contributed by atoms with Crippen LogP contribution in [0, 0.1) is 16.2 Å². The van der Waals surface area contributed by atoms with Crippen molar-refractivity contribution in [3.05, 3.63) is 4.91 Å². The van der Waals surface area contributed by atoms with E-state index in [4.69, 9.17) is 0 Å². The third kappa shape index (κ3) is 1.03. The number of nitrogens with zero attached hydrogens (tertiary/aromatic N) is 2. The van der Waals surface area contributed by atoms with E-state index >= 15 is 0 Å². The molecule has 2 bridgehead atoms. The van der Waals surface area contributed by atoms with Crippen LogP contribution in [0.5, 0.6) is 0 Å². The van der Waals surface area contributed by atoms with Crippen molar-refractivity contribution in [2.75, 3.05) is 6.54 Å². The van der Waals surface area contributed by atoms with Gasteiger partial charge in [0.25, 0.3) is 0 Å². The summed E-state index contributed by atoms with van der Waals surface area (Å²) in [7, 11) is 0. The first-order valence-corrected chi connectivity index (χ1v) is 4.73. The Morgan fingerprint density at radius 1 is 1.42 bits per heavy atom. The lowest BCUT2D eigenvalue weighted by Gasteiger charge is -2.40. The highest BCUT2D eigenvalue weighted by Gasteiger charge is 2.45. The molecule has 2 atom stereocenters. The normalized spacial score (nSPS) is 38.3. The Kier molecular flexibility index (Phi) is 1.63. The van der Waals surface area contributed by atoms with Crippen molar-refractivity contribution < 1.29 is 0 Å². The zero-order valence-corrected chi connectivity index (χ0v) is 7.79. The van der Waals surface area contributed by atoms with E-state index in [0.29, 0.717) is 11.5 Å². The molecule has 1 aliphatic carbocycles. The predicted molar refractivity (Wildman–Crippen MR) is 47.4 cm³/mol. The fourth-order valence-electron chi connectivity index (χ4n) is 2.71. The first-order chi connectivity index (χ1) is 5.63. The van der Waals surface area contributed by atoms with E-state index in [1.165, 1.54) is 19.3 Å². The Bertz CT molecular complexity index is 203. The quantitative estimate of drug-likeness (QED) is 0.562. The second kappa shape index (κ2) is 2.44. The summed E-state index contributed by atoms with van der Waals surface area (Å²) < 4.78 is 0. The molecule has 2 fully saturated rings. The number of piperidine rings is 1. The summed E-state index contributed by atoms with van der Waals surface area (Å²) in [5, 5.41) is 4.86. The molecule has 2 rings (SSSR count). The summed E-state index contributed by atoms with van der Waals surface area (Å²) in [6.45, 7) is 5.35. The van der Waals surface area contributed by atoms with E-state index in [9.17, 15) is 4.91 Å². The van der Waals surface area contributed by atoms with E-state index in [1.54, 1.807) is 5.01 Å². The molecular formula is C9H16N2O.